The van der Waals surface area contributed by atoms with Gasteiger partial charge in [-0.25, -0.2) is 15.0 Å². The highest BCUT2D eigenvalue weighted by Crippen LogP contribution is 2.43. The van der Waals surface area contributed by atoms with Crippen molar-refractivity contribution < 1.29 is 0 Å². The van der Waals surface area contributed by atoms with Gasteiger partial charge in [-0.05, 0) is 55.1 Å². The van der Waals surface area contributed by atoms with Gasteiger partial charge in [0.1, 0.15) is 17.0 Å². The Hall–Kier alpha value is -1.75. The number of aryl methyl sites for hydroxylation is 1. The molecule has 0 aromatic carbocycles. The second kappa shape index (κ2) is 6.15. The Morgan fingerprint density at radius 2 is 1.88 bits per heavy atom. The fourth-order valence-corrected chi connectivity index (χ4v) is 5.82. The molecule has 136 valence electrons. The second-order valence-electron chi connectivity index (χ2n) is 8.29. The van der Waals surface area contributed by atoms with Crippen LogP contribution in [0.15, 0.2) is 6.33 Å². The van der Waals surface area contributed by atoms with Crippen LogP contribution in [0, 0.1) is 5.92 Å². The molecule has 0 bridgehead atoms. The molecule has 0 atom stereocenters. The minimum Gasteiger partial charge on any atom is -0.355 e. The fourth-order valence-electron chi connectivity index (χ4n) is 4.64. The molecule has 3 aromatic heterocycles. The summed E-state index contributed by atoms with van der Waals surface area (Å²) in [6.07, 6.45) is 7.85. The van der Waals surface area contributed by atoms with Gasteiger partial charge < -0.3 is 4.90 Å². The van der Waals surface area contributed by atoms with Crippen LogP contribution in [0.1, 0.15) is 62.8 Å². The van der Waals surface area contributed by atoms with Crippen molar-refractivity contribution in [3.8, 4) is 0 Å². The fraction of sp³-hybridized carbons (Fsp3) is 0.571. The number of hydrogen-bond acceptors (Lipinski definition) is 5. The summed E-state index contributed by atoms with van der Waals surface area (Å²) in [5.41, 5.74) is 5.45. The molecule has 1 aliphatic heterocycles. The van der Waals surface area contributed by atoms with Gasteiger partial charge in [-0.3, -0.25) is 0 Å². The van der Waals surface area contributed by atoms with E-state index in [9.17, 15) is 0 Å². The Bertz CT molecular complexity index is 983. The van der Waals surface area contributed by atoms with Crippen molar-refractivity contribution in [3.63, 3.8) is 0 Å². The molecule has 0 saturated carbocycles. The number of thiophene rings is 1. The highest BCUT2D eigenvalue weighted by Gasteiger charge is 2.26. The molecule has 0 unspecified atom stereocenters. The molecule has 1 aliphatic carbocycles. The van der Waals surface area contributed by atoms with Crippen molar-refractivity contribution in [3.05, 3.63) is 23.1 Å². The van der Waals surface area contributed by atoms with Gasteiger partial charge in [0.05, 0.1) is 10.2 Å². The summed E-state index contributed by atoms with van der Waals surface area (Å²) in [7, 11) is 0. The lowest BCUT2D eigenvalue weighted by atomic mass is 9.98. The first-order chi connectivity index (χ1) is 12.6. The SMILES string of the molecule is CC1CCN(c2ncnc3c2sc2nc(C(C)C)c4c(c23)CCC4)CC1. The van der Waals surface area contributed by atoms with Crippen molar-refractivity contribution in [1.29, 1.82) is 0 Å². The molecular formula is C21H26N4S. The van der Waals surface area contributed by atoms with Crippen molar-refractivity contribution in [2.75, 3.05) is 18.0 Å². The molecular weight excluding hydrogens is 340 g/mol. The van der Waals surface area contributed by atoms with Gasteiger partial charge in [0, 0.05) is 24.2 Å². The first-order valence-electron chi connectivity index (χ1n) is 9.97. The molecule has 26 heavy (non-hydrogen) atoms. The number of pyridine rings is 1. The lowest BCUT2D eigenvalue weighted by molar-refractivity contribution is 0.437. The van der Waals surface area contributed by atoms with E-state index in [1.165, 1.54) is 59.0 Å². The topological polar surface area (TPSA) is 41.9 Å². The lowest BCUT2D eigenvalue weighted by Crippen LogP contribution is -2.33. The van der Waals surface area contributed by atoms with Gasteiger partial charge in [0.15, 0.2) is 0 Å². The Balaban J connectivity index is 1.74. The van der Waals surface area contributed by atoms with Crippen molar-refractivity contribution in [1.82, 2.24) is 15.0 Å². The average Bonchev–Trinajstić information content (AvgIpc) is 3.25. The van der Waals surface area contributed by atoms with Gasteiger partial charge in [-0.15, -0.1) is 11.3 Å². The number of nitrogens with zero attached hydrogens (tertiary/aromatic N) is 4. The van der Waals surface area contributed by atoms with E-state index in [1.54, 1.807) is 17.7 Å². The first kappa shape index (κ1) is 16.4. The van der Waals surface area contributed by atoms with Crippen molar-refractivity contribution in [2.24, 2.45) is 5.92 Å². The number of piperidine rings is 1. The molecule has 0 N–H and O–H groups in total. The number of fused-ring (bicyclic) bond motifs is 5. The Morgan fingerprint density at radius 1 is 1.12 bits per heavy atom. The van der Waals surface area contributed by atoms with Gasteiger partial charge in [0.25, 0.3) is 0 Å². The average molecular weight is 367 g/mol. The van der Waals surface area contributed by atoms with Gasteiger partial charge in [-0.2, -0.15) is 0 Å². The predicted octanol–water partition coefficient (Wildman–Crippen LogP) is 5.09. The van der Waals surface area contributed by atoms with Gasteiger partial charge >= 0.3 is 0 Å². The molecule has 1 fully saturated rings. The smallest absolute Gasteiger partial charge is 0.150 e. The van der Waals surface area contributed by atoms with E-state index >= 15 is 0 Å². The lowest BCUT2D eigenvalue weighted by Gasteiger charge is -2.31. The van der Waals surface area contributed by atoms with E-state index in [-0.39, 0.29) is 0 Å². The van der Waals surface area contributed by atoms with Crippen LogP contribution >= 0.6 is 11.3 Å². The Kier molecular flexibility index (Phi) is 3.89. The minimum absolute atomic E-state index is 0.477. The third-order valence-electron chi connectivity index (χ3n) is 6.12. The van der Waals surface area contributed by atoms with E-state index in [0.717, 1.165) is 35.2 Å². The van der Waals surface area contributed by atoms with Crippen molar-refractivity contribution in [2.45, 2.75) is 58.8 Å². The summed E-state index contributed by atoms with van der Waals surface area (Å²) in [5, 5.41) is 1.32. The quantitative estimate of drug-likeness (QED) is 0.634. The van der Waals surface area contributed by atoms with Crippen LogP contribution in [-0.2, 0) is 12.8 Å². The standard InChI is InChI=1S/C21H26N4S/c1-12(2)17-15-6-4-5-14(15)16-18-19(26-21(16)24-17)20(23-11-22-18)25-9-7-13(3)8-10-25/h11-13H,4-10H2,1-3H3. The monoisotopic (exact) mass is 366 g/mol. The molecule has 0 radical (unpaired) electrons. The highest BCUT2D eigenvalue weighted by molar-refractivity contribution is 7.26. The molecule has 2 aliphatic rings. The maximum absolute atomic E-state index is 5.11. The first-order valence-corrected chi connectivity index (χ1v) is 10.8. The zero-order valence-electron chi connectivity index (χ0n) is 15.9. The largest absolute Gasteiger partial charge is 0.355 e. The predicted molar refractivity (Wildman–Crippen MR) is 109 cm³/mol. The zero-order valence-corrected chi connectivity index (χ0v) is 16.7. The van der Waals surface area contributed by atoms with E-state index in [1.807, 2.05) is 0 Å². The van der Waals surface area contributed by atoms with Crippen LogP contribution in [-0.4, -0.2) is 28.0 Å². The number of hydrogen-bond donors (Lipinski definition) is 0. The molecule has 0 amide bonds. The highest BCUT2D eigenvalue weighted by atomic mass is 32.1. The summed E-state index contributed by atoms with van der Waals surface area (Å²) in [6, 6.07) is 0. The maximum Gasteiger partial charge on any atom is 0.150 e. The summed E-state index contributed by atoms with van der Waals surface area (Å²) in [5.74, 6) is 2.43. The molecule has 4 heterocycles. The van der Waals surface area contributed by atoms with Crippen LogP contribution in [0.3, 0.4) is 0 Å². The van der Waals surface area contributed by atoms with Gasteiger partial charge in [0.2, 0.25) is 0 Å². The van der Waals surface area contributed by atoms with Crippen LogP contribution in [0.25, 0.3) is 20.4 Å². The molecule has 4 nitrogen and oxygen atoms in total. The molecule has 5 heteroatoms. The van der Waals surface area contributed by atoms with Gasteiger partial charge in [-0.1, -0.05) is 20.8 Å². The van der Waals surface area contributed by atoms with Crippen molar-refractivity contribution >= 4 is 37.6 Å². The third-order valence-corrected chi connectivity index (χ3v) is 7.18. The van der Waals surface area contributed by atoms with E-state index in [4.69, 9.17) is 15.0 Å². The van der Waals surface area contributed by atoms with Crippen LogP contribution < -0.4 is 4.90 Å². The maximum atomic E-state index is 5.11. The van der Waals surface area contributed by atoms with Crippen LogP contribution in [0.5, 0.6) is 0 Å². The van der Waals surface area contributed by atoms with E-state index in [2.05, 4.69) is 25.7 Å². The molecule has 0 spiro atoms. The Labute approximate surface area is 158 Å². The number of rotatable bonds is 2. The second-order valence-corrected chi connectivity index (χ2v) is 9.29. The van der Waals surface area contributed by atoms with Crippen LogP contribution in [0.4, 0.5) is 5.82 Å². The molecule has 5 rings (SSSR count). The summed E-state index contributed by atoms with van der Waals surface area (Å²) in [4.78, 5) is 18.2. The zero-order chi connectivity index (χ0) is 17.8. The summed E-state index contributed by atoms with van der Waals surface area (Å²) >= 11 is 1.80. The molecule has 1 saturated heterocycles. The number of aromatic nitrogens is 3. The summed E-state index contributed by atoms with van der Waals surface area (Å²) in [6.45, 7) is 9.09. The van der Waals surface area contributed by atoms with Crippen LogP contribution in [0.2, 0.25) is 0 Å². The Morgan fingerprint density at radius 3 is 2.65 bits per heavy atom. The normalized spacial score (nSPS) is 18.4. The third kappa shape index (κ3) is 2.43. The number of anilines is 1. The summed E-state index contributed by atoms with van der Waals surface area (Å²) < 4.78 is 1.24. The van der Waals surface area contributed by atoms with E-state index in [0.29, 0.717) is 5.92 Å². The molecule has 3 aromatic rings. The van der Waals surface area contributed by atoms with E-state index < -0.39 is 0 Å². The minimum atomic E-state index is 0.477.